The molecule has 1 unspecified atom stereocenters. The fourth-order valence-electron chi connectivity index (χ4n) is 1.63. The molecule has 1 aromatic carbocycles. The van der Waals surface area contributed by atoms with E-state index in [1.807, 2.05) is 24.5 Å². The molecule has 120 valence electrons. The predicted octanol–water partition coefficient (Wildman–Crippen LogP) is 1.80. The highest BCUT2D eigenvalue weighted by Crippen LogP contribution is 2.24. The van der Waals surface area contributed by atoms with E-state index >= 15 is 0 Å². The Labute approximate surface area is 134 Å². The molecule has 2 amide bonds. The standard InChI is InChI=1S/C15H20N2O4S/c1-10(21-14(19)8-9-16-11(2)18)15(20)17-12-6-4-5-7-13(12)22-3/h4-7,10H,8-9H2,1-3H3,(H,16,18)(H,17,20). The van der Waals surface area contributed by atoms with Gasteiger partial charge in [0.1, 0.15) is 0 Å². The molecule has 22 heavy (non-hydrogen) atoms. The molecule has 0 aliphatic rings. The second-order valence-electron chi connectivity index (χ2n) is 4.55. The van der Waals surface area contributed by atoms with Crippen molar-refractivity contribution in [2.24, 2.45) is 0 Å². The molecule has 2 N–H and O–H groups in total. The summed E-state index contributed by atoms with van der Waals surface area (Å²) >= 11 is 1.51. The third-order valence-electron chi connectivity index (χ3n) is 2.75. The Balaban J connectivity index is 2.48. The number of anilines is 1. The van der Waals surface area contributed by atoms with Gasteiger partial charge in [-0.3, -0.25) is 14.4 Å². The molecule has 0 saturated heterocycles. The van der Waals surface area contributed by atoms with Crippen LogP contribution in [0.4, 0.5) is 5.69 Å². The minimum absolute atomic E-state index is 0.0264. The topological polar surface area (TPSA) is 84.5 Å². The average Bonchev–Trinajstić information content (AvgIpc) is 2.47. The first-order valence-corrected chi connectivity index (χ1v) is 8.04. The lowest BCUT2D eigenvalue weighted by atomic mass is 10.3. The molecule has 0 bridgehead atoms. The Kier molecular flexibility index (Phi) is 7.45. The monoisotopic (exact) mass is 324 g/mol. The second kappa shape index (κ2) is 9.09. The summed E-state index contributed by atoms with van der Waals surface area (Å²) in [6, 6.07) is 7.38. The molecule has 1 aromatic rings. The zero-order chi connectivity index (χ0) is 16.5. The Morgan fingerprint density at radius 2 is 1.95 bits per heavy atom. The largest absolute Gasteiger partial charge is 0.452 e. The van der Waals surface area contributed by atoms with E-state index in [1.165, 1.54) is 25.6 Å². The van der Waals surface area contributed by atoms with Gasteiger partial charge in [0.05, 0.1) is 12.1 Å². The molecular formula is C15H20N2O4S. The van der Waals surface area contributed by atoms with E-state index in [-0.39, 0.29) is 18.9 Å². The molecule has 1 rings (SSSR count). The SMILES string of the molecule is CSc1ccccc1NC(=O)C(C)OC(=O)CCNC(C)=O. The number of ether oxygens (including phenoxy) is 1. The number of benzene rings is 1. The van der Waals surface area contributed by atoms with Crippen LogP contribution in [0.15, 0.2) is 29.2 Å². The molecular weight excluding hydrogens is 304 g/mol. The molecule has 0 saturated carbocycles. The highest BCUT2D eigenvalue weighted by atomic mass is 32.2. The van der Waals surface area contributed by atoms with Gasteiger partial charge in [-0.15, -0.1) is 11.8 Å². The lowest BCUT2D eigenvalue weighted by Gasteiger charge is -2.15. The molecule has 1 atom stereocenters. The summed E-state index contributed by atoms with van der Waals surface area (Å²) in [5.74, 6) is -1.14. The van der Waals surface area contributed by atoms with Crippen molar-refractivity contribution in [1.29, 1.82) is 0 Å². The van der Waals surface area contributed by atoms with Crippen LogP contribution in [0.5, 0.6) is 0 Å². The van der Waals surface area contributed by atoms with Gasteiger partial charge in [-0.25, -0.2) is 0 Å². The highest BCUT2D eigenvalue weighted by molar-refractivity contribution is 7.98. The van der Waals surface area contributed by atoms with E-state index in [1.54, 1.807) is 6.07 Å². The Morgan fingerprint density at radius 1 is 1.27 bits per heavy atom. The Hall–Kier alpha value is -2.02. The van der Waals surface area contributed by atoms with Crippen LogP contribution in [0.1, 0.15) is 20.3 Å². The van der Waals surface area contributed by atoms with Crippen molar-refractivity contribution in [3.63, 3.8) is 0 Å². The maximum atomic E-state index is 12.0. The van der Waals surface area contributed by atoms with Crippen LogP contribution < -0.4 is 10.6 Å². The normalized spacial score (nSPS) is 11.4. The van der Waals surface area contributed by atoms with E-state index in [2.05, 4.69) is 10.6 Å². The van der Waals surface area contributed by atoms with Gasteiger partial charge in [0.2, 0.25) is 5.91 Å². The van der Waals surface area contributed by atoms with Gasteiger partial charge in [0.15, 0.2) is 6.10 Å². The van der Waals surface area contributed by atoms with Crippen molar-refractivity contribution in [2.75, 3.05) is 18.1 Å². The molecule has 0 aliphatic carbocycles. The number of esters is 1. The van der Waals surface area contributed by atoms with Crippen molar-refractivity contribution in [3.05, 3.63) is 24.3 Å². The number of para-hydroxylation sites is 1. The van der Waals surface area contributed by atoms with Gasteiger partial charge in [-0.1, -0.05) is 12.1 Å². The van der Waals surface area contributed by atoms with Crippen molar-refractivity contribution >= 4 is 35.2 Å². The van der Waals surface area contributed by atoms with Gasteiger partial charge in [-0.05, 0) is 25.3 Å². The van der Waals surface area contributed by atoms with E-state index in [4.69, 9.17) is 4.74 Å². The van der Waals surface area contributed by atoms with E-state index < -0.39 is 18.0 Å². The molecule has 0 aromatic heterocycles. The number of hydrogen-bond acceptors (Lipinski definition) is 5. The summed E-state index contributed by atoms with van der Waals surface area (Å²) in [7, 11) is 0. The van der Waals surface area contributed by atoms with Crippen molar-refractivity contribution in [3.8, 4) is 0 Å². The predicted molar refractivity (Wildman–Crippen MR) is 85.7 cm³/mol. The third kappa shape index (κ3) is 6.17. The third-order valence-corrected chi connectivity index (χ3v) is 3.54. The number of carbonyl (C=O) groups is 3. The zero-order valence-corrected chi connectivity index (χ0v) is 13.7. The summed E-state index contributed by atoms with van der Waals surface area (Å²) in [4.78, 5) is 35.2. The first kappa shape index (κ1) is 18.0. The van der Waals surface area contributed by atoms with Crippen LogP contribution in [0.25, 0.3) is 0 Å². The summed E-state index contributed by atoms with van der Waals surface area (Å²) in [6.07, 6.45) is 1.04. The average molecular weight is 324 g/mol. The second-order valence-corrected chi connectivity index (χ2v) is 5.40. The number of nitrogens with one attached hydrogen (secondary N) is 2. The summed E-state index contributed by atoms with van der Waals surface area (Å²) in [5.41, 5.74) is 0.682. The minimum atomic E-state index is -0.903. The maximum Gasteiger partial charge on any atom is 0.308 e. The number of hydrogen-bond donors (Lipinski definition) is 2. The van der Waals surface area contributed by atoms with E-state index in [9.17, 15) is 14.4 Å². The van der Waals surface area contributed by atoms with Gasteiger partial charge < -0.3 is 15.4 Å². The van der Waals surface area contributed by atoms with Gasteiger partial charge >= 0.3 is 5.97 Å². The lowest BCUT2D eigenvalue weighted by molar-refractivity contribution is -0.153. The molecule has 0 fully saturated rings. The Bertz CT molecular complexity index is 548. The van der Waals surface area contributed by atoms with Crippen LogP contribution in [0, 0.1) is 0 Å². The number of rotatable bonds is 7. The first-order valence-electron chi connectivity index (χ1n) is 6.82. The quantitative estimate of drug-likeness (QED) is 0.590. The van der Waals surface area contributed by atoms with Crippen molar-refractivity contribution < 1.29 is 19.1 Å². The lowest BCUT2D eigenvalue weighted by Crippen LogP contribution is -2.31. The summed E-state index contributed by atoms with van der Waals surface area (Å²) in [6.45, 7) is 3.07. The van der Waals surface area contributed by atoms with E-state index in [0.29, 0.717) is 5.69 Å². The summed E-state index contributed by atoms with van der Waals surface area (Å²) < 4.78 is 5.03. The summed E-state index contributed by atoms with van der Waals surface area (Å²) in [5, 5.41) is 5.22. The number of amides is 2. The fourth-order valence-corrected chi connectivity index (χ4v) is 2.19. The molecule has 6 nitrogen and oxygen atoms in total. The molecule has 7 heteroatoms. The first-order chi connectivity index (χ1) is 10.4. The number of carbonyl (C=O) groups excluding carboxylic acids is 3. The Morgan fingerprint density at radius 3 is 2.59 bits per heavy atom. The van der Waals surface area contributed by atoms with Crippen molar-refractivity contribution in [1.82, 2.24) is 5.32 Å². The van der Waals surface area contributed by atoms with Crippen LogP contribution in [-0.2, 0) is 19.1 Å². The van der Waals surface area contributed by atoms with Crippen LogP contribution in [0.2, 0.25) is 0 Å². The van der Waals surface area contributed by atoms with Gasteiger partial charge in [-0.2, -0.15) is 0 Å². The number of thioether (sulfide) groups is 1. The minimum Gasteiger partial charge on any atom is -0.452 e. The molecule has 0 aliphatic heterocycles. The van der Waals surface area contributed by atoms with E-state index in [0.717, 1.165) is 4.90 Å². The molecule has 0 heterocycles. The van der Waals surface area contributed by atoms with Crippen LogP contribution in [0.3, 0.4) is 0 Å². The van der Waals surface area contributed by atoms with Crippen LogP contribution >= 0.6 is 11.8 Å². The smallest absolute Gasteiger partial charge is 0.308 e. The molecule has 0 radical (unpaired) electrons. The van der Waals surface area contributed by atoms with Gasteiger partial charge in [0.25, 0.3) is 5.91 Å². The zero-order valence-electron chi connectivity index (χ0n) is 12.8. The highest BCUT2D eigenvalue weighted by Gasteiger charge is 2.18. The maximum absolute atomic E-state index is 12.0. The van der Waals surface area contributed by atoms with Crippen molar-refractivity contribution in [2.45, 2.75) is 31.3 Å². The molecule has 0 spiro atoms. The fraction of sp³-hybridized carbons (Fsp3) is 0.400. The van der Waals surface area contributed by atoms with Crippen LogP contribution in [-0.4, -0.2) is 36.7 Å². The van der Waals surface area contributed by atoms with Gasteiger partial charge in [0, 0.05) is 18.4 Å².